The van der Waals surface area contributed by atoms with E-state index in [0.717, 1.165) is 5.69 Å². The van der Waals surface area contributed by atoms with Gasteiger partial charge >= 0.3 is 0 Å². The number of rotatable bonds is 2. The minimum absolute atomic E-state index is 0.203. The van der Waals surface area contributed by atoms with Crippen LogP contribution in [0.1, 0.15) is 5.69 Å². The Morgan fingerprint density at radius 3 is 2.73 bits per heavy atom. The monoisotopic (exact) mass is 201 g/mol. The molecule has 0 fully saturated rings. The molecule has 0 unspecified atom stereocenters. The number of nitrogens with zero attached hydrogens (tertiary/aromatic N) is 2. The van der Waals surface area contributed by atoms with Gasteiger partial charge in [0.2, 0.25) is 0 Å². The van der Waals surface area contributed by atoms with Crippen molar-refractivity contribution in [1.82, 2.24) is 9.97 Å². The summed E-state index contributed by atoms with van der Waals surface area (Å²) in [6.07, 6.45) is 1.48. The molecular formula is C11H11N3O. The number of phenolic OH excluding ortho intramolecular Hbond substituents is 1. The minimum atomic E-state index is 0.203. The molecule has 2 N–H and O–H groups in total. The maximum absolute atomic E-state index is 9.54. The highest BCUT2D eigenvalue weighted by Crippen LogP contribution is 2.24. The van der Waals surface area contributed by atoms with E-state index in [1.807, 2.05) is 19.1 Å². The Morgan fingerprint density at radius 1 is 1.20 bits per heavy atom. The third kappa shape index (κ3) is 2.22. The Labute approximate surface area is 87.6 Å². The second-order valence-electron chi connectivity index (χ2n) is 3.19. The molecule has 0 radical (unpaired) electrons. The normalized spacial score (nSPS) is 9.93. The summed E-state index contributed by atoms with van der Waals surface area (Å²) in [7, 11) is 0. The van der Waals surface area contributed by atoms with Gasteiger partial charge in [-0.25, -0.2) is 9.97 Å². The van der Waals surface area contributed by atoms with Gasteiger partial charge in [-0.1, -0.05) is 12.1 Å². The number of aromatic hydroxyl groups is 1. The molecule has 2 rings (SSSR count). The number of nitrogens with one attached hydrogen (secondary N) is 1. The molecule has 0 saturated carbocycles. The van der Waals surface area contributed by atoms with Crippen LogP contribution in [0.4, 0.5) is 11.5 Å². The number of phenols is 1. The molecule has 1 aromatic heterocycles. The molecule has 0 amide bonds. The van der Waals surface area contributed by atoms with Gasteiger partial charge in [0, 0.05) is 11.8 Å². The molecule has 0 aliphatic rings. The first-order chi connectivity index (χ1) is 7.25. The number of hydrogen-bond acceptors (Lipinski definition) is 4. The third-order valence-corrected chi connectivity index (χ3v) is 1.97. The van der Waals surface area contributed by atoms with E-state index in [-0.39, 0.29) is 5.75 Å². The van der Waals surface area contributed by atoms with E-state index >= 15 is 0 Å². The molecule has 76 valence electrons. The second kappa shape index (κ2) is 3.96. The average Bonchev–Trinajstić information content (AvgIpc) is 2.22. The fourth-order valence-corrected chi connectivity index (χ4v) is 1.24. The third-order valence-electron chi connectivity index (χ3n) is 1.97. The Kier molecular flexibility index (Phi) is 2.49. The fourth-order valence-electron chi connectivity index (χ4n) is 1.24. The van der Waals surface area contributed by atoms with Gasteiger partial charge in [-0.05, 0) is 19.1 Å². The van der Waals surface area contributed by atoms with Crippen LogP contribution >= 0.6 is 0 Å². The van der Waals surface area contributed by atoms with Gasteiger partial charge in [0.25, 0.3) is 0 Å². The average molecular weight is 201 g/mol. The van der Waals surface area contributed by atoms with Crippen molar-refractivity contribution in [3.8, 4) is 5.75 Å². The summed E-state index contributed by atoms with van der Waals surface area (Å²) in [6, 6.07) is 8.83. The van der Waals surface area contributed by atoms with E-state index in [2.05, 4.69) is 15.3 Å². The lowest BCUT2D eigenvalue weighted by Gasteiger charge is -2.06. The standard InChI is InChI=1S/C11H11N3O/c1-8-6-11(13-7-12-8)14-9-4-2-3-5-10(9)15/h2-7,15H,1H3,(H,12,13,14). The summed E-state index contributed by atoms with van der Waals surface area (Å²) in [4.78, 5) is 8.03. The van der Waals surface area contributed by atoms with Crippen LogP contribution in [0.15, 0.2) is 36.7 Å². The molecule has 0 spiro atoms. The quantitative estimate of drug-likeness (QED) is 0.731. The van der Waals surface area contributed by atoms with Crippen LogP contribution < -0.4 is 5.32 Å². The molecule has 4 nitrogen and oxygen atoms in total. The second-order valence-corrected chi connectivity index (χ2v) is 3.19. The topological polar surface area (TPSA) is 58.0 Å². The Bertz CT molecular complexity index is 471. The van der Waals surface area contributed by atoms with E-state index in [9.17, 15) is 5.11 Å². The number of aryl methyl sites for hydroxylation is 1. The van der Waals surface area contributed by atoms with Crippen LogP contribution in [0.3, 0.4) is 0 Å². The van der Waals surface area contributed by atoms with Crippen molar-refractivity contribution >= 4 is 11.5 Å². The first-order valence-electron chi connectivity index (χ1n) is 4.59. The van der Waals surface area contributed by atoms with Gasteiger partial charge < -0.3 is 10.4 Å². The van der Waals surface area contributed by atoms with Gasteiger partial charge in [-0.15, -0.1) is 0 Å². The molecule has 1 heterocycles. The van der Waals surface area contributed by atoms with E-state index in [1.54, 1.807) is 18.2 Å². The van der Waals surface area contributed by atoms with Crippen molar-refractivity contribution in [3.63, 3.8) is 0 Å². The number of benzene rings is 1. The highest BCUT2D eigenvalue weighted by molar-refractivity contribution is 5.63. The van der Waals surface area contributed by atoms with Gasteiger partial charge in [-0.3, -0.25) is 0 Å². The highest BCUT2D eigenvalue weighted by atomic mass is 16.3. The molecule has 0 saturated heterocycles. The maximum Gasteiger partial charge on any atom is 0.139 e. The zero-order chi connectivity index (χ0) is 10.7. The van der Waals surface area contributed by atoms with Crippen molar-refractivity contribution in [2.75, 3.05) is 5.32 Å². The number of hydrogen-bond donors (Lipinski definition) is 2. The van der Waals surface area contributed by atoms with Crippen molar-refractivity contribution in [1.29, 1.82) is 0 Å². The molecule has 1 aromatic carbocycles. The number of anilines is 2. The zero-order valence-corrected chi connectivity index (χ0v) is 8.31. The highest BCUT2D eigenvalue weighted by Gasteiger charge is 2.00. The lowest BCUT2D eigenvalue weighted by Crippen LogP contribution is -1.95. The van der Waals surface area contributed by atoms with Gasteiger partial charge in [0.05, 0.1) is 5.69 Å². The van der Waals surface area contributed by atoms with Gasteiger partial charge in [0.15, 0.2) is 0 Å². The number of para-hydroxylation sites is 2. The summed E-state index contributed by atoms with van der Waals surface area (Å²) in [5.41, 5.74) is 1.51. The SMILES string of the molecule is Cc1cc(Nc2ccccc2O)ncn1. The molecule has 15 heavy (non-hydrogen) atoms. The number of aromatic nitrogens is 2. The first kappa shape index (κ1) is 9.45. The molecular weight excluding hydrogens is 190 g/mol. The van der Waals surface area contributed by atoms with Crippen LogP contribution in [0, 0.1) is 6.92 Å². The molecule has 2 aromatic rings. The van der Waals surface area contributed by atoms with Gasteiger partial charge in [-0.2, -0.15) is 0 Å². The summed E-state index contributed by atoms with van der Waals surface area (Å²) in [6.45, 7) is 1.89. The Balaban J connectivity index is 2.26. The first-order valence-corrected chi connectivity index (χ1v) is 4.59. The predicted octanol–water partition coefficient (Wildman–Crippen LogP) is 2.23. The fraction of sp³-hybridized carbons (Fsp3) is 0.0909. The summed E-state index contributed by atoms with van der Waals surface area (Å²) in [5, 5.41) is 12.5. The van der Waals surface area contributed by atoms with E-state index in [1.165, 1.54) is 6.33 Å². The van der Waals surface area contributed by atoms with Crippen LogP contribution in [0.25, 0.3) is 0 Å². The van der Waals surface area contributed by atoms with Crippen molar-refractivity contribution in [2.24, 2.45) is 0 Å². The molecule has 0 atom stereocenters. The van der Waals surface area contributed by atoms with E-state index < -0.39 is 0 Å². The van der Waals surface area contributed by atoms with Crippen molar-refractivity contribution < 1.29 is 5.11 Å². The summed E-state index contributed by atoms with van der Waals surface area (Å²) < 4.78 is 0. The van der Waals surface area contributed by atoms with E-state index in [4.69, 9.17) is 0 Å². The lowest BCUT2D eigenvalue weighted by atomic mass is 10.3. The molecule has 4 heteroatoms. The van der Waals surface area contributed by atoms with Crippen LogP contribution in [-0.2, 0) is 0 Å². The smallest absolute Gasteiger partial charge is 0.139 e. The largest absolute Gasteiger partial charge is 0.506 e. The molecule has 0 aliphatic heterocycles. The van der Waals surface area contributed by atoms with Crippen molar-refractivity contribution in [2.45, 2.75) is 6.92 Å². The molecule has 0 aliphatic carbocycles. The Morgan fingerprint density at radius 2 is 2.00 bits per heavy atom. The minimum Gasteiger partial charge on any atom is -0.506 e. The van der Waals surface area contributed by atoms with Crippen LogP contribution in [0.5, 0.6) is 5.75 Å². The predicted molar refractivity (Wildman–Crippen MR) is 58.2 cm³/mol. The zero-order valence-electron chi connectivity index (χ0n) is 8.31. The molecule has 0 bridgehead atoms. The summed E-state index contributed by atoms with van der Waals surface area (Å²) in [5.74, 6) is 0.873. The van der Waals surface area contributed by atoms with E-state index in [0.29, 0.717) is 11.5 Å². The lowest BCUT2D eigenvalue weighted by molar-refractivity contribution is 0.477. The maximum atomic E-state index is 9.54. The Hall–Kier alpha value is -2.10. The van der Waals surface area contributed by atoms with Crippen LogP contribution in [-0.4, -0.2) is 15.1 Å². The summed E-state index contributed by atoms with van der Waals surface area (Å²) >= 11 is 0. The van der Waals surface area contributed by atoms with Crippen LogP contribution in [0.2, 0.25) is 0 Å². The van der Waals surface area contributed by atoms with Gasteiger partial charge in [0.1, 0.15) is 17.9 Å². The van der Waals surface area contributed by atoms with Crippen molar-refractivity contribution in [3.05, 3.63) is 42.4 Å².